The topological polar surface area (TPSA) is 72.5 Å². The highest BCUT2D eigenvalue weighted by atomic mass is 16.5. The average Bonchev–Trinajstić information content (AvgIpc) is 2.68. The first kappa shape index (κ1) is 8.73. The van der Waals surface area contributed by atoms with Gasteiger partial charge in [-0.1, -0.05) is 0 Å². The summed E-state index contributed by atoms with van der Waals surface area (Å²) >= 11 is 0. The van der Waals surface area contributed by atoms with E-state index in [4.69, 9.17) is 10.5 Å². The molecule has 1 aromatic rings. The molecule has 1 aromatic carbocycles. The summed E-state index contributed by atoms with van der Waals surface area (Å²) in [7, 11) is 0. The van der Waals surface area contributed by atoms with Crippen LogP contribution in [0.4, 0.5) is 0 Å². The molecule has 1 aliphatic carbocycles. The number of esters is 1. The van der Waals surface area contributed by atoms with Crippen LogP contribution in [-0.4, -0.2) is 17.1 Å². The number of hydrogen-bond acceptors (Lipinski definition) is 4. The molecule has 0 amide bonds. The quantitative estimate of drug-likeness (QED) is 0.471. The second kappa shape index (κ2) is 2.73. The first-order chi connectivity index (χ1) is 7.15. The smallest absolute Gasteiger partial charge is 0.315 e. The number of fused-ring (bicyclic) bond motifs is 3. The highest BCUT2D eigenvalue weighted by molar-refractivity contribution is 5.84. The molecule has 78 valence electrons. The minimum atomic E-state index is -0.297. The average molecular weight is 205 g/mol. The van der Waals surface area contributed by atoms with Crippen molar-refractivity contribution in [3.05, 3.63) is 22.8 Å². The molecule has 0 saturated carbocycles. The second-order valence-corrected chi connectivity index (χ2v) is 4.16. The Bertz CT molecular complexity index is 467. The fraction of sp³-hybridized carbons (Fsp3) is 0.364. The second-order valence-electron chi connectivity index (χ2n) is 4.16. The van der Waals surface area contributed by atoms with Crippen LogP contribution in [0.3, 0.4) is 0 Å². The van der Waals surface area contributed by atoms with E-state index in [1.807, 2.05) is 0 Å². The lowest BCUT2D eigenvalue weighted by Gasteiger charge is -2.06. The Hall–Kier alpha value is -1.55. The Labute approximate surface area is 86.7 Å². The van der Waals surface area contributed by atoms with E-state index in [0.717, 1.165) is 29.5 Å². The molecule has 0 aromatic heterocycles. The predicted molar refractivity (Wildman–Crippen MR) is 52.8 cm³/mol. The summed E-state index contributed by atoms with van der Waals surface area (Å²) in [6.07, 6.45) is 1.80. The van der Waals surface area contributed by atoms with Crippen molar-refractivity contribution in [3.8, 4) is 11.5 Å². The number of ether oxygens (including phenoxy) is 1. The van der Waals surface area contributed by atoms with Crippen molar-refractivity contribution >= 4 is 5.97 Å². The van der Waals surface area contributed by atoms with Crippen molar-refractivity contribution in [1.29, 1.82) is 0 Å². The Balaban J connectivity index is 2.21. The van der Waals surface area contributed by atoms with Gasteiger partial charge in [0, 0.05) is 11.6 Å². The first-order valence-electron chi connectivity index (χ1n) is 4.98. The number of carbonyl (C=O) groups is 1. The number of rotatable bonds is 0. The number of carbonyl (C=O) groups excluding carboxylic acids is 1. The molecule has 2 aliphatic rings. The lowest BCUT2D eigenvalue weighted by molar-refractivity contribution is -0.131. The van der Waals surface area contributed by atoms with Gasteiger partial charge >= 0.3 is 5.97 Å². The van der Waals surface area contributed by atoms with Gasteiger partial charge in [0.1, 0.15) is 0 Å². The minimum Gasteiger partial charge on any atom is -0.504 e. The van der Waals surface area contributed by atoms with E-state index >= 15 is 0 Å². The van der Waals surface area contributed by atoms with Crippen molar-refractivity contribution in [1.82, 2.24) is 0 Å². The first-order valence-corrected chi connectivity index (χ1v) is 4.98. The van der Waals surface area contributed by atoms with Crippen LogP contribution in [0.15, 0.2) is 6.07 Å². The zero-order chi connectivity index (χ0) is 10.6. The van der Waals surface area contributed by atoms with Gasteiger partial charge in [-0.25, -0.2) is 0 Å². The van der Waals surface area contributed by atoms with E-state index in [1.54, 1.807) is 6.07 Å². The maximum absolute atomic E-state index is 11.2. The number of phenolic OH excluding ortho intramolecular Hbond substituents is 1. The minimum absolute atomic E-state index is 0.0590. The van der Waals surface area contributed by atoms with Crippen LogP contribution in [0.5, 0.6) is 11.5 Å². The molecule has 0 spiro atoms. The summed E-state index contributed by atoms with van der Waals surface area (Å²) in [5, 5.41) is 9.68. The normalized spacial score (nSPS) is 22.5. The molecule has 0 fully saturated rings. The molecule has 15 heavy (non-hydrogen) atoms. The molecule has 1 aliphatic heterocycles. The van der Waals surface area contributed by atoms with E-state index in [0.29, 0.717) is 5.75 Å². The van der Waals surface area contributed by atoms with Crippen molar-refractivity contribution in [3.63, 3.8) is 0 Å². The molecule has 1 heterocycles. The number of nitrogens with two attached hydrogens (primary N) is 1. The van der Waals surface area contributed by atoms with Crippen molar-refractivity contribution < 1.29 is 14.6 Å². The van der Waals surface area contributed by atoms with Crippen molar-refractivity contribution in [2.75, 3.05) is 0 Å². The third kappa shape index (κ3) is 1.15. The number of phenols is 1. The van der Waals surface area contributed by atoms with Gasteiger partial charge in [-0.3, -0.25) is 4.79 Å². The van der Waals surface area contributed by atoms with E-state index in [1.165, 1.54) is 0 Å². The van der Waals surface area contributed by atoms with Crippen LogP contribution in [0.25, 0.3) is 0 Å². The lowest BCUT2D eigenvalue weighted by atomic mass is 10.0. The summed E-state index contributed by atoms with van der Waals surface area (Å²) in [5.41, 5.74) is 8.84. The molecule has 1 atom stereocenters. The van der Waals surface area contributed by atoms with Crippen LogP contribution in [0, 0.1) is 0 Å². The molecular formula is C11H11NO3. The molecule has 0 saturated heterocycles. The third-order valence-electron chi connectivity index (χ3n) is 3.05. The van der Waals surface area contributed by atoms with Gasteiger partial charge in [0.15, 0.2) is 11.5 Å². The monoisotopic (exact) mass is 205 g/mol. The molecule has 4 heteroatoms. The van der Waals surface area contributed by atoms with Crippen LogP contribution >= 0.6 is 0 Å². The molecule has 0 bridgehead atoms. The van der Waals surface area contributed by atoms with Crippen molar-refractivity contribution in [2.45, 2.75) is 25.3 Å². The van der Waals surface area contributed by atoms with Crippen molar-refractivity contribution in [2.24, 2.45) is 5.73 Å². The molecule has 1 unspecified atom stereocenters. The van der Waals surface area contributed by atoms with E-state index in [-0.39, 0.29) is 24.2 Å². The van der Waals surface area contributed by atoms with Gasteiger partial charge in [0.25, 0.3) is 0 Å². The maximum Gasteiger partial charge on any atom is 0.315 e. The maximum atomic E-state index is 11.2. The molecular weight excluding hydrogens is 194 g/mol. The fourth-order valence-electron chi connectivity index (χ4n) is 2.45. The van der Waals surface area contributed by atoms with Gasteiger partial charge in [-0.15, -0.1) is 0 Å². The highest BCUT2D eigenvalue weighted by Crippen LogP contribution is 2.42. The predicted octanol–water partition coefficient (Wildman–Crippen LogP) is 0.280. The van der Waals surface area contributed by atoms with Gasteiger partial charge in [0.2, 0.25) is 0 Å². The number of benzene rings is 1. The Morgan fingerprint density at radius 3 is 3.00 bits per heavy atom. The van der Waals surface area contributed by atoms with Gasteiger partial charge < -0.3 is 15.6 Å². The largest absolute Gasteiger partial charge is 0.504 e. The van der Waals surface area contributed by atoms with E-state index < -0.39 is 0 Å². The Morgan fingerprint density at radius 1 is 1.40 bits per heavy atom. The van der Waals surface area contributed by atoms with Gasteiger partial charge in [0.05, 0.1) is 6.42 Å². The summed E-state index contributed by atoms with van der Waals surface area (Å²) in [4.78, 5) is 11.2. The molecule has 3 N–H and O–H groups in total. The molecule has 0 radical (unpaired) electrons. The van der Waals surface area contributed by atoms with Gasteiger partial charge in [-0.2, -0.15) is 0 Å². The Kier molecular flexibility index (Phi) is 1.59. The SMILES string of the molecule is NC1Cc2cc(O)c3c(c2C1)CC(=O)O3. The van der Waals surface area contributed by atoms with Crippen LogP contribution in [-0.2, 0) is 24.1 Å². The van der Waals surface area contributed by atoms with Crippen LogP contribution in [0.1, 0.15) is 16.7 Å². The summed E-state index contributed by atoms with van der Waals surface area (Å²) in [5.74, 6) is 0.103. The summed E-state index contributed by atoms with van der Waals surface area (Å²) in [6, 6.07) is 1.77. The molecule has 3 rings (SSSR count). The van der Waals surface area contributed by atoms with E-state index in [2.05, 4.69) is 0 Å². The Morgan fingerprint density at radius 2 is 2.20 bits per heavy atom. The highest BCUT2D eigenvalue weighted by Gasteiger charge is 2.32. The molecule has 4 nitrogen and oxygen atoms in total. The van der Waals surface area contributed by atoms with Gasteiger partial charge in [-0.05, 0) is 30.0 Å². The summed E-state index contributed by atoms with van der Waals surface area (Å²) in [6.45, 7) is 0. The zero-order valence-corrected chi connectivity index (χ0v) is 8.12. The lowest BCUT2D eigenvalue weighted by Crippen LogP contribution is -2.19. The number of hydrogen-bond donors (Lipinski definition) is 2. The van der Waals surface area contributed by atoms with Crippen LogP contribution < -0.4 is 10.5 Å². The standard InChI is InChI=1S/C11H11NO3/c12-6-1-5-2-9(13)11-8(7(5)3-6)4-10(14)15-11/h2,6,13H,1,3-4,12H2. The zero-order valence-electron chi connectivity index (χ0n) is 8.12. The summed E-state index contributed by atoms with van der Waals surface area (Å²) < 4.78 is 4.97. The van der Waals surface area contributed by atoms with Crippen LogP contribution in [0.2, 0.25) is 0 Å². The van der Waals surface area contributed by atoms with E-state index in [9.17, 15) is 9.90 Å². The third-order valence-corrected chi connectivity index (χ3v) is 3.05. The number of aromatic hydroxyl groups is 1. The fourth-order valence-corrected chi connectivity index (χ4v) is 2.45.